The Labute approximate surface area is 103 Å². The molecule has 0 saturated carbocycles. The Morgan fingerprint density at radius 1 is 1.44 bits per heavy atom. The van der Waals surface area contributed by atoms with Crippen LogP contribution in [0, 0.1) is 0 Å². The van der Waals surface area contributed by atoms with Crippen molar-refractivity contribution in [2.45, 2.75) is 33.4 Å². The average molecular weight is 242 g/mol. The van der Waals surface area contributed by atoms with E-state index in [0.717, 1.165) is 23.1 Å². The summed E-state index contributed by atoms with van der Waals surface area (Å²) in [6, 6.07) is 4.34. The molecule has 0 aliphatic rings. The Bertz CT molecular complexity index is 339. The third kappa shape index (κ3) is 3.09. The highest BCUT2D eigenvalue weighted by Gasteiger charge is 2.11. The van der Waals surface area contributed by atoms with Gasteiger partial charge >= 0.3 is 0 Å². The van der Waals surface area contributed by atoms with E-state index in [1.54, 1.807) is 0 Å². The lowest BCUT2D eigenvalue weighted by Crippen LogP contribution is -2.31. The molecule has 0 bridgehead atoms. The molecule has 16 heavy (non-hydrogen) atoms. The highest BCUT2D eigenvalue weighted by molar-refractivity contribution is 6.31. The van der Waals surface area contributed by atoms with Gasteiger partial charge in [-0.05, 0) is 40.0 Å². The van der Waals surface area contributed by atoms with Crippen LogP contribution in [0.3, 0.4) is 0 Å². The number of nitrogens with one attached hydrogen (secondary N) is 1. The van der Waals surface area contributed by atoms with Crippen molar-refractivity contribution in [2.24, 2.45) is 0 Å². The molecular formula is C12H20ClN3. The predicted molar refractivity (Wildman–Crippen MR) is 70.2 cm³/mol. The Kier molecular flexibility index (Phi) is 5.03. The van der Waals surface area contributed by atoms with Gasteiger partial charge in [0.15, 0.2) is 0 Å². The molecule has 90 valence electrons. The number of hydrogen-bond acceptors (Lipinski definition) is 3. The molecule has 1 N–H and O–H groups in total. The second-order valence-corrected chi connectivity index (χ2v) is 4.42. The fourth-order valence-corrected chi connectivity index (χ4v) is 1.89. The number of halogens is 1. The first-order valence-corrected chi connectivity index (χ1v) is 6.04. The maximum Gasteiger partial charge on any atom is 0.129 e. The first-order chi connectivity index (χ1) is 7.60. The SMILES string of the molecule is CCN(c1ccc(Cl)c(CNC)n1)C(C)C. The minimum atomic E-state index is 0.445. The van der Waals surface area contributed by atoms with Crippen LogP contribution in [0.1, 0.15) is 26.5 Å². The van der Waals surface area contributed by atoms with E-state index in [4.69, 9.17) is 11.6 Å². The largest absolute Gasteiger partial charge is 0.354 e. The molecule has 3 nitrogen and oxygen atoms in total. The summed E-state index contributed by atoms with van der Waals surface area (Å²) in [6.07, 6.45) is 0. The molecule has 1 aromatic rings. The molecular weight excluding hydrogens is 222 g/mol. The standard InChI is InChI=1S/C12H20ClN3/c1-5-16(9(2)3)12-7-6-10(13)11(15-12)8-14-4/h6-7,9,14H,5,8H2,1-4H3. The Morgan fingerprint density at radius 3 is 2.62 bits per heavy atom. The molecule has 0 aromatic carbocycles. The Morgan fingerprint density at radius 2 is 2.12 bits per heavy atom. The molecule has 0 saturated heterocycles. The lowest BCUT2D eigenvalue weighted by atomic mass is 10.3. The van der Waals surface area contributed by atoms with Crippen LogP contribution in [0.15, 0.2) is 12.1 Å². The zero-order valence-corrected chi connectivity index (χ0v) is 11.2. The first-order valence-electron chi connectivity index (χ1n) is 5.66. The molecule has 0 atom stereocenters. The van der Waals surface area contributed by atoms with Crippen LogP contribution >= 0.6 is 11.6 Å². The van der Waals surface area contributed by atoms with Crippen LogP contribution in [0.25, 0.3) is 0 Å². The van der Waals surface area contributed by atoms with E-state index in [0.29, 0.717) is 12.6 Å². The van der Waals surface area contributed by atoms with Crippen molar-refractivity contribution in [3.63, 3.8) is 0 Å². The molecule has 1 heterocycles. The van der Waals surface area contributed by atoms with Gasteiger partial charge in [0, 0.05) is 19.1 Å². The Hall–Kier alpha value is -0.800. The van der Waals surface area contributed by atoms with Gasteiger partial charge in [0.25, 0.3) is 0 Å². The number of aromatic nitrogens is 1. The van der Waals surface area contributed by atoms with E-state index < -0.39 is 0 Å². The van der Waals surface area contributed by atoms with Crippen molar-refractivity contribution < 1.29 is 0 Å². The van der Waals surface area contributed by atoms with Gasteiger partial charge in [0.2, 0.25) is 0 Å². The van der Waals surface area contributed by atoms with Gasteiger partial charge in [-0.15, -0.1) is 0 Å². The fourth-order valence-electron chi connectivity index (χ4n) is 1.72. The topological polar surface area (TPSA) is 28.2 Å². The van der Waals surface area contributed by atoms with Crippen molar-refractivity contribution in [2.75, 3.05) is 18.5 Å². The molecule has 0 amide bonds. The highest BCUT2D eigenvalue weighted by Crippen LogP contribution is 2.20. The van der Waals surface area contributed by atoms with Crippen molar-refractivity contribution in [3.05, 3.63) is 22.8 Å². The third-order valence-electron chi connectivity index (χ3n) is 2.51. The molecule has 0 radical (unpaired) electrons. The second kappa shape index (κ2) is 6.06. The summed E-state index contributed by atoms with van der Waals surface area (Å²) in [5.74, 6) is 0.993. The number of rotatable bonds is 5. The van der Waals surface area contributed by atoms with Crippen molar-refractivity contribution in [1.82, 2.24) is 10.3 Å². The maximum atomic E-state index is 6.08. The minimum Gasteiger partial charge on any atom is -0.354 e. The quantitative estimate of drug-likeness (QED) is 0.859. The zero-order chi connectivity index (χ0) is 12.1. The normalized spacial score (nSPS) is 10.9. The molecule has 4 heteroatoms. The van der Waals surface area contributed by atoms with Crippen LogP contribution in [0.5, 0.6) is 0 Å². The van der Waals surface area contributed by atoms with Gasteiger partial charge < -0.3 is 10.2 Å². The van der Waals surface area contributed by atoms with E-state index in [1.807, 2.05) is 19.2 Å². The highest BCUT2D eigenvalue weighted by atomic mass is 35.5. The number of pyridine rings is 1. The summed E-state index contributed by atoms with van der Waals surface area (Å²) in [5.41, 5.74) is 0.903. The summed E-state index contributed by atoms with van der Waals surface area (Å²) in [7, 11) is 1.89. The van der Waals surface area contributed by atoms with Gasteiger partial charge in [0.1, 0.15) is 5.82 Å². The van der Waals surface area contributed by atoms with Gasteiger partial charge in [0.05, 0.1) is 10.7 Å². The van der Waals surface area contributed by atoms with Crippen LogP contribution < -0.4 is 10.2 Å². The van der Waals surface area contributed by atoms with E-state index in [9.17, 15) is 0 Å². The van der Waals surface area contributed by atoms with Crippen LogP contribution in [-0.4, -0.2) is 24.6 Å². The summed E-state index contributed by atoms with van der Waals surface area (Å²) in [5, 5.41) is 3.79. The van der Waals surface area contributed by atoms with E-state index in [2.05, 4.69) is 36.0 Å². The molecule has 0 unspecified atom stereocenters. The lowest BCUT2D eigenvalue weighted by molar-refractivity contribution is 0.687. The molecule has 0 spiro atoms. The van der Waals surface area contributed by atoms with Crippen molar-refractivity contribution >= 4 is 17.4 Å². The number of hydrogen-bond donors (Lipinski definition) is 1. The zero-order valence-electron chi connectivity index (χ0n) is 10.4. The molecule has 1 aromatic heterocycles. The first kappa shape index (κ1) is 13.3. The smallest absolute Gasteiger partial charge is 0.129 e. The van der Waals surface area contributed by atoms with E-state index >= 15 is 0 Å². The summed E-state index contributed by atoms with van der Waals surface area (Å²) >= 11 is 6.08. The second-order valence-electron chi connectivity index (χ2n) is 4.01. The fraction of sp³-hybridized carbons (Fsp3) is 0.583. The lowest BCUT2D eigenvalue weighted by Gasteiger charge is -2.26. The van der Waals surface area contributed by atoms with Gasteiger partial charge in [-0.25, -0.2) is 4.98 Å². The van der Waals surface area contributed by atoms with Crippen LogP contribution in [0.4, 0.5) is 5.82 Å². The van der Waals surface area contributed by atoms with Crippen LogP contribution in [0.2, 0.25) is 5.02 Å². The number of anilines is 1. The molecule has 0 aliphatic carbocycles. The van der Waals surface area contributed by atoms with Crippen LogP contribution in [-0.2, 0) is 6.54 Å². The van der Waals surface area contributed by atoms with Crippen molar-refractivity contribution in [1.29, 1.82) is 0 Å². The van der Waals surface area contributed by atoms with E-state index in [1.165, 1.54) is 0 Å². The molecule has 0 fully saturated rings. The molecule has 1 rings (SSSR count). The third-order valence-corrected chi connectivity index (χ3v) is 2.85. The minimum absolute atomic E-state index is 0.445. The van der Waals surface area contributed by atoms with E-state index in [-0.39, 0.29) is 0 Å². The predicted octanol–water partition coefficient (Wildman–Crippen LogP) is 2.69. The monoisotopic (exact) mass is 241 g/mol. The summed E-state index contributed by atoms with van der Waals surface area (Å²) in [4.78, 5) is 6.83. The average Bonchev–Trinajstić information content (AvgIpc) is 2.23. The van der Waals surface area contributed by atoms with Gasteiger partial charge in [-0.3, -0.25) is 0 Å². The summed E-state index contributed by atoms with van der Waals surface area (Å²) < 4.78 is 0. The van der Waals surface area contributed by atoms with Crippen molar-refractivity contribution in [3.8, 4) is 0 Å². The molecule has 0 aliphatic heterocycles. The Balaban J connectivity index is 3.00. The number of nitrogens with zero attached hydrogens (tertiary/aromatic N) is 2. The van der Waals surface area contributed by atoms with Gasteiger partial charge in [-0.1, -0.05) is 11.6 Å². The van der Waals surface area contributed by atoms with Gasteiger partial charge in [-0.2, -0.15) is 0 Å². The maximum absolute atomic E-state index is 6.08. The summed E-state index contributed by atoms with van der Waals surface area (Å²) in [6.45, 7) is 8.11.